The van der Waals surface area contributed by atoms with Crippen LogP contribution in [0.1, 0.15) is 45.0 Å². The molecule has 16 heavy (non-hydrogen) atoms. The number of hydrogen-bond acceptors (Lipinski definition) is 4. The van der Waals surface area contributed by atoms with E-state index in [0.717, 1.165) is 30.8 Å². The van der Waals surface area contributed by atoms with E-state index in [1.165, 1.54) is 12.8 Å². The minimum Gasteiger partial charge on any atom is -0.352 e. The van der Waals surface area contributed by atoms with Crippen LogP contribution in [-0.4, -0.2) is 21.7 Å². The molecule has 1 aromatic rings. The van der Waals surface area contributed by atoms with Crippen LogP contribution in [-0.2, 0) is 12.8 Å². The van der Waals surface area contributed by atoms with Crippen LogP contribution in [0, 0.1) is 5.41 Å². The summed E-state index contributed by atoms with van der Waals surface area (Å²) in [4.78, 5) is 4.51. The second-order valence-electron chi connectivity index (χ2n) is 4.90. The molecule has 1 aliphatic rings. The average Bonchev–Trinajstić information content (AvgIpc) is 3.05. The van der Waals surface area contributed by atoms with Crippen molar-refractivity contribution in [3.8, 4) is 0 Å². The molecule has 1 heterocycles. The van der Waals surface area contributed by atoms with Crippen LogP contribution in [0.3, 0.4) is 0 Å². The van der Waals surface area contributed by atoms with Crippen molar-refractivity contribution in [1.82, 2.24) is 15.2 Å². The summed E-state index contributed by atoms with van der Waals surface area (Å²) in [6, 6.07) is 0. The van der Waals surface area contributed by atoms with Gasteiger partial charge in [0.15, 0.2) is 0 Å². The zero-order valence-corrected chi connectivity index (χ0v) is 10.4. The lowest BCUT2D eigenvalue weighted by Gasteiger charge is -2.11. The van der Waals surface area contributed by atoms with E-state index < -0.39 is 0 Å². The van der Waals surface area contributed by atoms with E-state index in [2.05, 4.69) is 41.3 Å². The zero-order chi connectivity index (χ0) is 11.6. The lowest BCUT2D eigenvalue weighted by Crippen LogP contribution is -2.15. The Morgan fingerprint density at radius 1 is 1.12 bits per heavy atom. The minimum atomic E-state index is 0.471. The first kappa shape index (κ1) is 11.3. The molecular formula is C12H20N4. The predicted octanol–water partition coefficient (Wildman–Crippen LogP) is 2.21. The van der Waals surface area contributed by atoms with Gasteiger partial charge in [0.25, 0.3) is 0 Å². The average molecular weight is 220 g/mol. The van der Waals surface area contributed by atoms with Gasteiger partial charge in [-0.3, -0.25) is 0 Å². The van der Waals surface area contributed by atoms with E-state index in [4.69, 9.17) is 0 Å². The number of aromatic nitrogens is 3. The normalized spacial score (nSPS) is 17.2. The fourth-order valence-corrected chi connectivity index (χ4v) is 1.70. The monoisotopic (exact) mass is 220 g/mol. The molecule has 1 saturated carbocycles. The third-order valence-corrected chi connectivity index (χ3v) is 3.29. The summed E-state index contributed by atoms with van der Waals surface area (Å²) in [5, 5.41) is 11.6. The van der Waals surface area contributed by atoms with Crippen molar-refractivity contribution in [3.63, 3.8) is 0 Å². The highest BCUT2D eigenvalue weighted by Crippen LogP contribution is 2.44. The molecule has 0 atom stereocenters. The first-order chi connectivity index (χ1) is 7.67. The summed E-state index contributed by atoms with van der Waals surface area (Å²) in [5.74, 6) is 0.683. The standard InChI is InChI=1S/C12H20N4/c1-4-9-10(5-2)15-16-11(14-9)13-8-12(3)6-7-12/h4-8H2,1-3H3,(H,13,14,16). The Morgan fingerprint density at radius 2 is 1.81 bits per heavy atom. The fourth-order valence-electron chi connectivity index (χ4n) is 1.70. The van der Waals surface area contributed by atoms with Crippen molar-refractivity contribution in [2.75, 3.05) is 11.9 Å². The van der Waals surface area contributed by atoms with Crippen LogP contribution in [0.5, 0.6) is 0 Å². The Hall–Kier alpha value is -1.19. The van der Waals surface area contributed by atoms with E-state index in [1.807, 2.05) is 0 Å². The van der Waals surface area contributed by atoms with Gasteiger partial charge < -0.3 is 5.32 Å². The highest BCUT2D eigenvalue weighted by molar-refractivity contribution is 5.26. The van der Waals surface area contributed by atoms with E-state index in [0.29, 0.717) is 11.4 Å². The van der Waals surface area contributed by atoms with E-state index >= 15 is 0 Å². The summed E-state index contributed by atoms with van der Waals surface area (Å²) >= 11 is 0. The fraction of sp³-hybridized carbons (Fsp3) is 0.750. The van der Waals surface area contributed by atoms with Crippen molar-refractivity contribution in [2.45, 2.75) is 46.5 Å². The Morgan fingerprint density at radius 3 is 2.38 bits per heavy atom. The van der Waals surface area contributed by atoms with Gasteiger partial charge in [-0.25, -0.2) is 4.98 Å². The van der Waals surface area contributed by atoms with Gasteiger partial charge in [0.2, 0.25) is 5.95 Å². The Bertz CT molecular complexity index is 371. The minimum absolute atomic E-state index is 0.471. The quantitative estimate of drug-likeness (QED) is 0.826. The molecule has 4 heteroatoms. The van der Waals surface area contributed by atoms with Gasteiger partial charge in [-0.1, -0.05) is 20.8 Å². The first-order valence-corrected chi connectivity index (χ1v) is 6.13. The van der Waals surface area contributed by atoms with Crippen molar-refractivity contribution < 1.29 is 0 Å². The van der Waals surface area contributed by atoms with Crippen molar-refractivity contribution >= 4 is 5.95 Å². The molecule has 0 radical (unpaired) electrons. The molecule has 0 saturated heterocycles. The maximum Gasteiger partial charge on any atom is 0.242 e. The van der Waals surface area contributed by atoms with Gasteiger partial charge in [-0.2, -0.15) is 5.10 Å². The number of nitrogens with one attached hydrogen (secondary N) is 1. The second-order valence-corrected chi connectivity index (χ2v) is 4.90. The number of hydrogen-bond donors (Lipinski definition) is 1. The van der Waals surface area contributed by atoms with Crippen LogP contribution in [0.25, 0.3) is 0 Å². The third-order valence-electron chi connectivity index (χ3n) is 3.29. The predicted molar refractivity (Wildman–Crippen MR) is 64.4 cm³/mol. The van der Waals surface area contributed by atoms with Gasteiger partial charge in [0, 0.05) is 6.54 Å². The maximum absolute atomic E-state index is 4.51. The van der Waals surface area contributed by atoms with E-state index in [1.54, 1.807) is 0 Å². The summed E-state index contributed by atoms with van der Waals surface area (Å²) in [5.41, 5.74) is 2.56. The highest BCUT2D eigenvalue weighted by Gasteiger charge is 2.36. The molecule has 1 aromatic heterocycles. The van der Waals surface area contributed by atoms with Crippen LogP contribution >= 0.6 is 0 Å². The van der Waals surface area contributed by atoms with Gasteiger partial charge in [-0.15, -0.1) is 5.10 Å². The number of aryl methyl sites for hydroxylation is 2. The molecule has 1 fully saturated rings. The van der Waals surface area contributed by atoms with Crippen molar-refractivity contribution in [2.24, 2.45) is 5.41 Å². The molecule has 1 aliphatic carbocycles. The molecule has 0 spiro atoms. The summed E-state index contributed by atoms with van der Waals surface area (Å²) in [6.07, 6.45) is 4.44. The molecule has 0 amide bonds. The third kappa shape index (κ3) is 2.49. The molecule has 0 aliphatic heterocycles. The maximum atomic E-state index is 4.51. The van der Waals surface area contributed by atoms with Gasteiger partial charge >= 0.3 is 0 Å². The van der Waals surface area contributed by atoms with Crippen molar-refractivity contribution in [3.05, 3.63) is 11.4 Å². The second kappa shape index (κ2) is 4.36. The lowest BCUT2D eigenvalue weighted by atomic mass is 10.1. The summed E-state index contributed by atoms with van der Waals surface area (Å²) in [6.45, 7) is 7.44. The number of rotatable bonds is 5. The number of nitrogens with zero attached hydrogens (tertiary/aromatic N) is 3. The summed E-state index contributed by atoms with van der Waals surface area (Å²) in [7, 11) is 0. The zero-order valence-electron chi connectivity index (χ0n) is 10.4. The van der Waals surface area contributed by atoms with Crippen LogP contribution in [0.15, 0.2) is 0 Å². The van der Waals surface area contributed by atoms with Crippen LogP contribution in [0.2, 0.25) is 0 Å². The molecule has 1 N–H and O–H groups in total. The smallest absolute Gasteiger partial charge is 0.242 e. The first-order valence-electron chi connectivity index (χ1n) is 6.13. The topological polar surface area (TPSA) is 50.7 Å². The van der Waals surface area contributed by atoms with Crippen LogP contribution < -0.4 is 5.32 Å². The van der Waals surface area contributed by atoms with E-state index in [9.17, 15) is 0 Å². The Labute approximate surface area is 96.9 Å². The largest absolute Gasteiger partial charge is 0.352 e. The highest BCUT2D eigenvalue weighted by atomic mass is 15.2. The molecule has 0 aromatic carbocycles. The van der Waals surface area contributed by atoms with Gasteiger partial charge in [-0.05, 0) is 31.1 Å². The number of anilines is 1. The van der Waals surface area contributed by atoms with Crippen LogP contribution in [0.4, 0.5) is 5.95 Å². The molecule has 2 rings (SSSR count). The lowest BCUT2D eigenvalue weighted by molar-refractivity contribution is 0.605. The van der Waals surface area contributed by atoms with E-state index in [-0.39, 0.29) is 0 Å². The molecule has 0 unspecified atom stereocenters. The molecule has 88 valence electrons. The Balaban J connectivity index is 2.04. The molecular weight excluding hydrogens is 200 g/mol. The summed E-state index contributed by atoms with van der Waals surface area (Å²) < 4.78 is 0. The van der Waals surface area contributed by atoms with Gasteiger partial charge in [0.05, 0.1) is 11.4 Å². The molecule has 4 nitrogen and oxygen atoms in total. The SMILES string of the molecule is CCc1nnc(NCC2(C)CC2)nc1CC. The molecule has 0 bridgehead atoms. The van der Waals surface area contributed by atoms with Crippen molar-refractivity contribution in [1.29, 1.82) is 0 Å². The Kier molecular flexibility index (Phi) is 3.08. The van der Waals surface area contributed by atoms with Gasteiger partial charge in [0.1, 0.15) is 0 Å².